The van der Waals surface area contributed by atoms with Crippen molar-refractivity contribution in [1.82, 2.24) is 0 Å². The summed E-state index contributed by atoms with van der Waals surface area (Å²) in [5.41, 5.74) is 6.54. The SMILES string of the molecule is CCCC1CCCCN1c1cc(C(=O)OC)c(N)cc1F. The van der Waals surface area contributed by atoms with Crippen LogP contribution in [-0.4, -0.2) is 25.7 Å². The summed E-state index contributed by atoms with van der Waals surface area (Å²) in [6.07, 6.45) is 5.35. The molecule has 0 bridgehead atoms. The highest BCUT2D eigenvalue weighted by Gasteiger charge is 2.26. The molecule has 1 unspecified atom stereocenters. The second-order valence-corrected chi connectivity index (χ2v) is 5.51. The van der Waals surface area contributed by atoms with Crippen LogP contribution in [0.5, 0.6) is 0 Å². The van der Waals surface area contributed by atoms with E-state index in [1.807, 2.05) is 0 Å². The Kier molecular flexibility index (Phi) is 5.04. The first-order valence-electron chi connectivity index (χ1n) is 7.52. The lowest BCUT2D eigenvalue weighted by Crippen LogP contribution is -2.40. The average molecular weight is 294 g/mol. The van der Waals surface area contributed by atoms with Gasteiger partial charge in [0, 0.05) is 18.3 Å². The highest BCUT2D eigenvalue weighted by molar-refractivity contribution is 5.96. The van der Waals surface area contributed by atoms with Crippen LogP contribution in [0.2, 0.25) is 0 Å². The lowest BCUT2D eigenvalue weighted by Gasteiger charge is -2.38. The van der Waals surface area contributed by atoms with E-state index < -0.39 is 5.97 Å². The molecular weight excluding hydrogens is 271 g/mol. The summed E-state index contributed by atoms with van der Waals surface area (Å²) in [6.45, 7) is 2.94. The summed E-state index contributed by atoms with van der Waals surface area (Å²) >= 11 is 0. The number of benzene rings is 1. The topological polar surface area (TPSA) is 55.6 Å². The Morgan fingerprint density at radius 3 is 2.90 bits per heavy atom. The lowest BCUT2D eigenvalue weighted by atomic mass is 9.97. The molecule has 2 rings (SSSR count). The first kappa shape index (κ1) is 15.6. The normalized spacial score (nSPS) is 18.6. The molecule has 1 saturated heterocycles. The number of rotatable bonds is 4. The summed E-state index contributed by atoms with van der Waals surface area (Å²) in [7, 11) is 1.30. The number of nitrogens with zero attached hydrogens (tertiary/aromatic N) is 1. The van der Waals surface area contributed by atoms with Crippen LogP contribution in [0.1, 0.15) is 49.4 Å². The third-order valence-corrected chi connectivity index (χ3v) is 4.08. The number of hydrogen-bond acceptors (Lipinski definition) is 4. The molecule has 1 aromatic rings. The third kappa shape index (κ3) is 3.28. The highest BCUT2D eigenvalue weighted by atomic mass is 19.1. The molecule has 0 radical (unpaired) electrons. The van der Waals surface area contributed by atoms with E-state index in [1.54, 1.807) is 0 Å². The predicted octanol–water partition coefficient (Wildman–Crippen LogP) is 3.35. The molecule has 5 heteroatoms. The van der Waals surface area contributed by atoms with Crippen LogP contribution in [0.3, 0.4) is 0 Å². The van der Waals surface area contributed by atoms with Gasteiger partial charge in [-0.1, -0.05) is 13.3 Å². The van der Waals surface area contributed by atoms with Crippen molar-refractivity contribution in [3.63, 3.8) is 0 Å². The van der Waals surface area contributed by atoms with Gasteiger partial charge >= 0.3 is 5.97 Å². The van der Waals surface area contributed by atoms with E-state index in [4.69, 9.17) is 10.5 Å². The van der Waals surface area contributed by atoms with Crippen LogP contribution in [0.25, 0.3) is 0 Å². The number of carbonyl (C=O) groups is 1. The molecule has 4 nitrogen and oxygen atoms in total. The standard InChI is InChI=1S/C16H23FN2O2/c1-3-6-11-7-4-5-8-19(11)15-9-12(16(20)21-2)14(18)10-13(15)17/h9-11H,3-8,18H2,1-2H3. The van der Waals surface area contributed by atoms with Crippen molar-refractivity contribution in [2.24, 2.45) is 0 Å². The maximum absolute atomic E-state index is 14.3. The molecule has 0 saturated carbocycles. The molecule has 0 amide bonds. The van der Waals surface area contributed by atoms with Crippen molar-refractivity contribution in [2.75, 3.05) is 24.3 Å². The molecule has 1 aliphatic rings. The number of ether oxygens (including phenoxy) is 1. The number of esters is 1. The second-order valence-electron chi connectivity index (χ2n) is 5.51. The maximum atomic E-state index is 14.3. The Labute approximate surface area is 125 Å². The average Bonchev–Trinajstić information content (AvgIpc) is 2.48. The molecule has 116 valence electrons. The van der Waals surface area contributed by atoms with Crippen LogP contribution in [0.4, 0.5) is 15.8 Å². The molecular formula is C16H23FN2O2. The molecule has 1 aromatic carbocycles. The Morgan fingerprint density at radius 2 is 2.24 bits per heavy atom. The van der Waals surface area contributed by atoms with E-state index in [-0.39, 0.29) is 17.1 Å². The van der Waals surface area contributed by atoms with Crippen LogP contribution >= 0.6 is 0 Å². The van der Waals surface area contributed by atoms with Gasteiger partial charge in [0.2, 0.25) is 0 Å². The van der Waals surface area contributed by atoms with Crippen molar-refractivity contribution < 1.29 is 13.9 Å². The smallest absolute Gasteiger partial charge is 0.340 e. The molecule has 0 aromatic heterocycles. The van der Waals surface area contributed by atoms with Gasteiger partial charge in [-0.15, -0.1) is 0 Å². The van der Waals surface area contributed by atoms with Gasteiger partial charge < -0.3 is 15.4 Å². The van der Waals surface area contributed by atoms with Gasteiger partial charge in [-0.3, -0.25) is 0 Å². The summed E-state index contributed by atoms with van der Waals surface area (Å²) in [6, 6.07) is 3.08. The Hall–Kier alpha value is -1.78. The van der Waals surface area contributed by atoms with Gasteiger partial charge in [-0.25, -0.2) is 9.18 Å². The van der Waals surface area contributed by atoms with Crippen LogP contribution in [-0.2, 0) is 4.74 Å². The monoisotopic (exact) mass is 294 g/mol. The van der Waals surface area contributed by atoms with E-state index in [0.717, 1.165) is 32.2 Å². The molecule has 21 heavy (non-hydrogen) atoms. The quantitative estimate of drug-likeness (QED) is 0.683. The predicted molar refractivity (Wildman–Crippen MR) is 82.0 cm³/mol. The molecule has 1 atom stereocenters. The van der Waals surface area contributed by atoms with Gasteiger partial charge in [-0.2, -0.15) is 0 Å². The summed E-state index contributed by atoms with van der Waals surface area (Å²) in [5, 5.41) is 0. The van der Waals surface area contributed by atoms with Gasteiger partial charge in [0.15, 0.2) is 0 Å². The second kappa shape index (κ2) is 6.78. The van der Waals surface area contributed by atoms with Crippen molar-refractivity contribution in [3.05, 3.63) is 23.5 Å². The number of halogens is 1. The van der Waals surface area contributed by atoms with Gasteiger partial charge in [0.1, 0.15) is 5.82 Å². The molecule has 1 fully saturated rings. The van der Waals surface area contributed by atoms with Crippen molar-refractivity contribution in [1.29, 1.82) is 0 Å². The fraction of sp³-hybridized carbons (Fsp3) is 0.562. The molecule has 2 N–H and O–H groups in total. The van der Waals surface area contributed by atoms with Crippen LogP contribution in [0.15, 0.2) is 12.1 Å². The van der Waals surface area contributed by atoms with Crippen LogP contribution < -0.4 is 10.6 Å². The van der Waals surface area contributed by atoms with Gasteiger partial charge in [-0.05, 0) is 37.8 Å². The number of carbonyl (C=O) groups excluding carboxylic acids is 1. The number of nitrogens with two attached hydrogens (primary N) is 1. The third-order valence-electron chi connectivity index (χ3n) is 4.08. The molecule has 1 aliphatic heterocycles. The van der Waals surface area contributed by atoms with E-state index in [0.29, 0.717) is 11.7 Å². The van der Waals surface area contributed by atoms with E-state index in [9.17, 15) is 9.18 Å². The zero-order valence-corrected chi connectivity index (χ0v) is 12.7. The summed E-state index contributed by atoms with van der Waals surface area (Å²) < 4.78 is 19.0. The van der Waals surface area contributed by atoms with Crippen LogP contribution in [0, 0.1) is 5.82 Å². The van der Waals surface area contributed by atoms with Gasteiger partial charge in [0.25, 0.3) is 0 Å². The first-order valence-corrected chi connectivity index (χ1v) is 7.52. The first-order chi connectivity index (χ1) is 10.1. The zero-order chi connectivity index (χ0) is 15.4. The van der Waals surface area contributed by atoms with Gasteiger partial charge in [0.05, 0.1) is 18.4 Å². The zero-order valence-electron chi connectivity index (χ0n) is 12.7. The van der Waals surface area contributed by atoms with Crippen molar-refractivity contribution >= 4 is 17.3 Å². The number of methoxy groups -OCH3 is 1. The van der Waals surface area contributed by atoms with E-state index in [2.05, 4.69) is 11.8 Å². The van der Waals surface area contributed by atoms with E-state index in [1.165, 1.54) is 25.7 Å². The Balaban J connectivity index is 2.39. The Morgan fingerprint density at radius 1 is 1.48 bits per heavy atom. The Bertz CT molecular complexity index is 517. The van der Waals surface area contributed by atoms with Crippen molar-refractivity contribution in [2.45, 2.75) is 45.1 Å². The minimum absolute atomic E-state index is 0.118. The minimum Gasteiger partial charge on any atom is -0.465 e. The van der Waals surface area contributed by atoms with Crippen molar-refractivity contribution in [3.8, 4) is 0 Å². The fourth-order valence-corrected chi connectivity index (χ4v) is 3.04. The number of hydrogen-bond donors (Lipinski definition) is 1. The molecule has 0 spiro atoms. The highest BCUT2D eigenvalue weighted by Crippen LogP contribution is 2.32. The summed E-state index contributed by atoms with van der Waals surface area (Å²) in [5.74, 6) is -0.902. The summed E-state index contributed by atoms with van der Waals surface area (Å²) in [4.78, 5) is 13.8. The van der Waals surface area contributed by atoms with E-state index >= 15 is 0 Å². The minimum atomic E-state index is -0.530. The lowest BCUT2D eigenvalue weighted by molar-refractivity contribution is 0.0602. The molecule has 0 aliphatic carbocycles. The number of piperidine rings is 1. The number of anilines is 2. The largest absolute Gasteiger partial charge is 0.465 e. The number of nitrogen functional groups attached to an aromatic ring is 1. The molecule has 1 heterocycles. The fourth-order valence-electron chi connectivity index (χ4n) is 3.04. The maximum Gasteiger partial charge on any atom is 0.340 e.